The third kappa shape index (κ3) is 3.76. The number of hydrogen-bond donors (Lipinski definition) is 2. The fraction of sp³-hybridized carbons (Fsp3) is 0.588. The third-order valence-corrected chi connectivity index (χ3v) is 4.09. The van der Waals surface area contributed by atoms with E-state index >= 15 is 0 Å². The normalized spacial score (nSPS) is 18.6. The molecule has 2 unspecified atom stereocenters. The number of likely N-dealkylation sites (N-methyl/N-ethyl adjacent to an activating group) is 1. The first-order valence-electron chi connectivity index (χ1n) is 7.74. The summed E-state index contributed by atoms with van der Waals surface area (Å²) in [5.41, 5.74) is 9.28. The number of carbonyl (C=O) groups is 1. The summed E-state index contributed by atoms with van der Waals surface area (Å²) in [5, 5.41) is 3.57. The van der Waals surface area contributed by atoms with E-state index in [0.29, 0.717) is 5.92 Å². The van der Waals surface area contributed by atoms with Crippen LogP contribution < -0.4 is 11.1 Å². The lowest BCUT2D eigenvalue weighted by molar-refractivity contribution is -0.131. The number of anilines is 1. The summed E-state index contributed by atoms with van der Waals surface area (Å²) in [6.07, 6.45) is 2.93. The number of aryl methyl sites for hydroxylation is 1. The smallest absolute Gasteiger partial charge is 0.239 e. The van der Waals surface area contributed by atoms with E-state index in [4.69, 9.17) is 5.73 Å². The number of amides is 1. The predicted octanol–water partition coefficient (Wildman–Crippen LogP) is 2.35. The van der Waals surface area contributed by atoms with Gasteiger partial charge >= 0.3 is 0 Å². The molecule has 0 bridgehead atoms. The Morgan fingerprint density at radius 3 is 2.76 bits per heavy atom. The highest BCUT2D eigenvalue weighted by molar-refractivity contribution is 5.81. The summed E-state index contributed by atoms with van der Waals surface area (Å²) in [7, 11) is 3.64. The first-order chi connectivity index (χ1) is 9.88. The van der Waals surface area contributed by atoms with Crippen LogP contribution in [0.2, 0.25) is 0 Å². The highest BCUT2D eigenvalue weighted by Crippen LogP contribution is 2.33. The van der Waals surface area contributed by atoms with E-state index in [0.717, 1.165) is 24.9 Å². The lowest BCUT2D eigenvalue weighted by Gasteiger charge is -2.26. The second-order valence-electron chi connectivity index (χ2n) is 6.63. The molecule has 1 amide bonds. The molecule has 1 aliphatic carbocycles. The van der Waals surface area contributed by atoms with E-state index in [9.17, 15) is 4.79 Å². The van der Waals surface area contributed by atoms with Crippen LogP contribution in [0.3, 0.4) is 0 Å². The Bertz CT molecular complexity index is 511. The predicted molar refractivity (Wildman–Crippen MR) is 87.0 cm³/mol. The Balaban J connectivity index is 2.13. The van der Waals surface area contributed by atoms with Crippen LogP contribution in [0.4, 0.5) is 5.69 Å². The highest BCUT2D eigenvalue weighted by atomic mass is 16.2. The van der Waals surface area contributed by atoms with Gasteiger partial charge in [0.15, 0.2) is 0 Å². The average molecular weight is 289 g/mol. The molecule has 0 aliphatic heterocycles. The van der Waals surface area contributed by atoms with Crippen LogP contribution in [0.15, 0.2) is 18.2 Å². The van der Waals surface area contributed by atoms with Crippen molar-refractivity contribution in [2.24, 2.45) is 5.92 Å². The fourth-order valence-corrected chi connectivity index (χ4v) is 3.08. The molecule has 4 nitrogen and oxygen atoms in total. The van der Waals surface area contributed by atoms with Gasteiger partial charge in [0.05, 0.1) is 6.04 Å². The highest BCUT2D eigenvalue weighted by Gasteiger charge is 2.29. The zero-order chi connectivity index (χ0) is 15.6. The molecule has 1 aliphatic rings. The number of benzene rings is 1. The molecular formula is C17H27N3O. The van der Waals surface area contributed by atoms with Crippen molar-refractivity contribution in [1.29, 1.82) is 0 Å². The van der Waals surface area contributed by atoms with Crippen molar-refractivity contribution in [2.45, 2.75) is 45.2 Å². The Hall–Kier alpha value is -1.55. The Morgan fingerprint density at radius 2 is 2.14 bits per heavy atom. The molecule has 116 valence electrons. The van der Waals surface area contributed by atoms with Crippen molar-refractivity contribution in [3.63, 3.8) is 0 Å². The van der Waals surface area contributed by atoms with Crippen molar-refractivity contribution < 1.29 is 4.79 Å². The second-order valence-corrected chi connectivity index (χ2v) is 6.63. The van der Waals surface area contributed by atoms with Crippen molar-refractivity contribution >= 4 is 11.6 Å². The Labute approximate surface area is 127 Å². The number of fused-ring (bicyclic) bond motifs is 1. The van der Waals surface area contributed by atoms with Gasteiger partial charge in [-0.3, -0.25) is 10.1 Å². The topological polar surface area (TPSA) is 58.4 Å². The standard InChI is InChI=1S/C17H27N3O/c1-11(2)9-16(17(21)20(3)4)19-15-8-5-12-10-13(18)6-7-14(12)15/h6-7,10-11,15-16,19H,5,8-9,18H2,1-4H3. The van der Waals surface area contributed by atoms with Crippen LogP contribution in [-0.4, -0.2) is 30.9 Å². The Kier molecular flexibility index (Phi) is 4.88. The largest absolute Gasteiger partial charge is 0.399 e. The molecular weight excluding hydrogens is 262 g/mol. The van der Waals surface area contributed by atoms with Crippen LogP contribution >= 0.6 is 0 Å². The first-order valence-corrected chi connectivity index (χ1v) is 7.74. The minimum atomic E-state index is -0.117. The van der Waals surface area contributed by atoms with Gasteiger partial charge in [-0.2, -0.15) is 0 Å². The molecule has 2 rings (SSSR count). The van der Waals surface area contributed by atoms with Crippen LogP contribution in [0.5, 0.6) is 0 Å². The second kappa shape index (κ2) is 6.48. The van der Waals surface area contributed by atoms with Crippen LogP contribution in [0.25, 0.3) is 0 Å². The molecule has 4 heteroatoms. The van der Waals surface area contributed by atoms with Gasteiger partial charge in [-0.25, -0.2) is 0 Å². The van der Waals surface area contributed by atoms with E-state index in [2.05, 4.69) is 31.3 Å². The molecule has 21 heavy (non-hydrogen) atoms. The summed E-state index contributed by atoms with van der Waals surface area (Å²) in [6, 6.07) is 6.25. The molecule has 0 aromatic heterocycles. The van der Waals surface area contributed by atoms with Gasteiger partial charge in [0.1, 0.15) is 0 Å². The number of nitrogens with two attached hydrogens (primary N) is 1. The number of nitrogens with one attached hydrogen (secondary N) is 1. The lowest BCUT2D eigenvalue weighted by Crippen LogP contribution is -2.45. The van der Waals surface area contributed by atoms with Crippen molar-refractivity contribution in [3.05, 3.63) is 29.3 Å². The molecule has 0 heterocycles. The van der Waals surface area contributed by atoms with E-state index < -0.39 is 0 Å². The molecule has 0 saturated heterocycles. The van der Waals surface area contributed by atoms with E-state index in [1.54, 1.807) is 4.90 Å². The van der Waals surface area contributed by atoms with Crippen LogP contribution in [0.1, 0.15) is 43.9 Å². The van der Waals surface area contributed by atoms with Gasteiger partial charge < -0.3 is 10.6 Å². The Morgan fingerprint density at radius 1 is 1.43 bits per heavy atom. The number of hydrogen-bond acceptors (Lipinski definition) is 3. The average Bonchev–Trinajstić information content (AvgIpc) is 2.78. The zero-order valence-corrected chi connectivity index (χ0v) is 13.5. The minimum absolute atomic E-state index is 0.117. The van der Waals surface area contributed by atoms with Gasteiger partial charge in [0.25, 0.3) is 0 Å². The first kappa shape index (κ1) is 15.8. The summed E-state index contributed by atoms with van der Waals surface area (Å²) in [4.78, 5) is 14.1. The van der Waals surface area contributed by atoms with Gasteiger partial charge in [0.2, 0.25) is 5.91 Å². The third-order valence-electron chi connectivity index (χ3n) is 4.09. The molecule has 0 fully saturated rings. The SMILES string of the molecule is CC(C)CC(NC1CCc2cc(N)ccc21)C(=O)N(C)C. The number of rotatable bonds is 5. The van der Waals surface area contributed by atoms with Gasteiger partial charge in [-0.05, 0) is 48.4 Å². The summed E-state index contributed by atoms with van der Waals surface area (Å²) in [5.74, 6) is 0.645. The zero-order valence-electron chi connectivity index (χ0n) is 13.5. The van der Waals surface area contributed by atoms with E-state index in [-0.39, 0.29) is 18.0 Å². The maximum absolute atomic E-state index is 12.4. The molecule has 1 aromatic carbocycles. The van der Waals surface area contributed by atoms with Crippen molar-refractivity contribution in [3.8, 4) is 0 Å². The van der Waals surface area contributed by atoms with E-state index in [1.165, 1.54) is 11.1 Å². The molecule has 0 radical (unpaired) electrons. The van der Waals surface area contributed by atoms with Gasteiger partial charge in [-0.15, -0.1) is 0 Å². The lowest BCUT2D eigenvalue weighted by atomic mass is 10.00. The fourth-order valence-electron chi connectivity index (χ4n) is 3.08. The van der Waals surface area contributed by atoms with Gasteiger partial charge in [0, 0.05) is 25.8 Å². The van der Waals surface area contributed by atoms with Crippen molar-refractivity contribution in [2.75, 3.05) is 19.8 Å². The quantitative estimate of drug-likeness (QED) is 0.818. The summed E-state index contributed by atoms with van der Waals surface area (Å²) in [6.45, 7) is 4.31. The van der Waals surface area contributed by atoms with Crippen LogP contribution in [0, 0.1) is 5.92 Å². The van der Waals surface area contributed by atoms with E-state index in [1.807, 2.05) is 20.2 Å². The number of nitrogen functional groups attached to an aromatic ring is 1. The summed E-state index contributed by atoms with van der Waals surface area (Å²) >= 11 is 0. The summed E-state index contributed by atoms with van der Waals surface area (Å²) < 4.78 is 0. The van der Waals surface area contributed by atoms with Crippen molar-refractivity contribution in [1.82, 2.24) is 10.2 Å². The molecule has 3 N–H and O–H groups in total. The molecule has 0 spiro atoms. The number of nitrogens with zero attached hydrogens (tertiary/aromatic N) is 1. The molecule has 2 atom stereocenters. The molecule has 0 saturated carbocycles. The minimum Gasteiger partial charge on any atom is -0.399 e. The molecule has 1 aromatic rings. The number of carbonyl (C=O) groups excluding carboxylic acids is 1. The maximum Gasteiger partial charge on any atom is 0.239 e. The maximum atomic E-state index is 12.4. The van der Waals surface area contributed by atoms with Gasteiger partial charge in [-0.1, -0.05) is 19.9 Å². The monoisotopic (exact) mass is 289 g/mol. The van der Waals surface area contributed by atoms with Crippen LogP contribution in [-0.2, 0) is 11.2 Å².